The van der Waals surface area contributed by atoms with Gasteiger partial charge in [0.2, 0.25) is 11.8 Å². The van der Waals surface area contributed by atoms with Crippen LogP contribution in [0.5, 0.6) is 11.5 Å². The summed E-state index contributed by atoms with van der Waals surface area (Å²) in [6, 6.07) is 5.07. The third-order valence-corrected chi connectivity index (χ3v) is 6.07. The fraction of sp³-hybridized carbons (Fsp3) is 0.609. The number of carbonyl (C=O) groups excluding carboxylic acids is 3. The first-order chi connectivity index (χ1) is 14.6. The molecule has 2 aliphatic rings. The number of amides is 3. The molecule has 0 bridgehead atoms. The van der Waals surface area contributed by atoms with Gasteiger partial charge in [-0.25, -0.2) is 0 Å². The van der Waals surface area contributed by atoms with Gasteiger partial charge in [0.25, 0.3) is 5.91 Å². The van der Waals surface area contributed by atoms with Crippen LogP contribution in [0.1, 0.15) is 50.4 Å². The van der Waals surface area contributed by atoms with Crippen LogP contribution >= 0.6 is 0 Å². The van der Waals surface area contributed by atoms with Crippen molar-refractivity contribution in [1.29, 1.82) is 0 Å². The minimum Gasteiger partial charge on any atom is -0.493 e. The monoisotopic (exact) mass is 431 g/mol. The molecule has 8 heteroatoms. The molecule has 3 rings (SSSR count). The molecule has 3 amide bonds. The fourth-order valence-electron chi connectivity index (χ4n) is 4.27. The molecule has 2 heterocycles. The Hall–Kier alpha value is -2.77. The molecular weight excluding hydrogens is 398 g/mol. The lowest BCUT2D eigenvalue weighted by atomic mass is 10.0. The number of methoxy groups -OCH3 is 2. The number of benzene rings is 1. The number of hydrogen-bond donors (Lipinski definition) is 1. The summed E-state index contributed by atoms with van der Waals surface area (Å²) in [5.41, 5.74) is 0.232. The highest BCUT2D eigenvalue weighted by molar-refractivity contribution is 5.95. The Labute approximate surface area is 183 Å². The van der Waals surface area contributed by atoms with Gasteiger partial charge >= 0.3 is 0 Å². The summed E-state index contributed by atoms with van der Waals surface area (Å²) < 4.78 is 10.5. The lowest BCUT2D eigenvalue weighted by Gasteiger charge is -2.35. The molecule has 0 saturated carbocycles. The minimum absolute atomic E-state index is 0.000861. The van der Waals surface area contributed by atoms with Gasteiger partial charge in [0, 0.05) is 43.2 Å². The van der Waals surface area contributed by atoms with E-state index in [1.165, 1.54) is 7.11 Å². The summed E-state index contributed by atoms with van der Waals surface area (Å²) in [7, 11) is 3.08. The highest BCUT2D eigenvalue weighted by Gasteiger charge is 2.41. The molecule has 170 valence electrons. The van der Waals surface area contributed by atoms with E-state index in [0.717, 1.165) is 0 Å². The van der Waals surface area contributed by atoms with Crippen LogP contribution in [0.2, 0.25) is 0 Å². The second kappa shape index (κ2) is 9.16. The van der Waals surface area contributed by atoms with Gasteiger partial charge in [0.05, 0.1) is 20.1 Å². The number of nitrogens with one attached hydrogen (secondary N) is 1. The van der Waals surface area contributed by atoms with Crippen molar-refractivity contribution in [3.8, 4) is 11.5 Å². The summed E-state index contributed by atoms with van der Waals surface area (Å²) in [5.74, 6) is 0.720. The van der Waals surface area contributed by atoms with Gasteiger partial charge in [0.1, 0.15) is 0 Å². The molecule has 8 nitrogen and oxygen atoms in total. The predicted octanol–water partition coefficient (Wildman–Crippen LogP) is 2.07. The lowest BCUT2D eigenvalue weighted by molar-refractivity contribution is -0.136. The van der Waals surface area contributed by atoms with Crippen LogP contribution in [-0.4, -0.2) is 73.0 Å². The van der Waals surface area contributed by atoms with Crippen molar-refractivity contribution in [3.63, 3.8) is 0 Å². The maximum absolute atomic E-state index is 12.9. The molecule has 2 saturated heterocycles. The van der Waals surface area contributed by atoms with Crippen LogP contribution in [0, 0.1) is 5.92 Å². The third-order valence-electron chi connectivity index (χ3n) is 6.07. The Morgan fingerprint density at radius 3 is 2.26 bits per heavy atom. The highest BCUT2D eigenvalue weighted by atomic mass is 16.5. The average molecular weight is 432 g/mol. The molecule has 2 fully saturated rings. The van der Waals surface area contributed by atoms with Crippen LogP contribution in [-0.2, 0) is 9.59 Å². The Balaban J connectivity index is 1.52. The zero-order chi connectivity index (χ0) is 22.8. The maximum Gasteiger partial charge on any atom is 0.251 e. The summed E-state index contributed by atoms with van der Waals surface area (Å²) in [5, 5.41) is 3.05. The molecule has 1 unspecified atom stereocenters. The molecular formula is C23H33N3O5. The van der Waals surface area contributed by atoms with Crippen molar-refractivity contribution in [2.45, 2.75) is 51.6 Å². The number of piperidine rings is 1. The molecule has 31 heavy (non-hydrogen) atoms. The lowest BCUT2D eigenvalue weighted by Crippen LogP contribution is -2.48. The summed E-state index contributed by atoms with van der Waals surface area (Å²) in [6.45, 7) is 7.61. The number of nitrogens with zero attached hydrogens (tertiary/aromatic N) is 2. The molecule has 1 aromatic carbocycles. The zero-order valence-corrected chi connectivity index (χ0v) is 19.1. The van der Waals surface area contributed by atoms with E-state index in [4.69, 9.17) is 9.47 Å². The van der Waals surface area contributed by atoms with Crippen molar-refractivity contribution in [3.05, 3.63) is 23.8 Å². The van der Waals surface area contributed by atoms with Crippen LogP contribution in [0.25, 0.3) is 0 Å². The molecule has 0 radical (unpaired) electrons. The van der Waals surface area contributed by atoms with Crippen molar-refractivity contribution in [2.75, 3.05) is 33.9 Å². The fourth-order valence-corrected chi connectivity index (χ4v) is 4.27. The molecule has 0 aliphatic carbocycles. The first-order valence-corrected chi connectivity index (χ1v) is 10.8. The third kappa shape index (κ3) is 5.11. The Bertz CT molecular complexity index is 840. The first kappa shape index (κ1) is 22.9. The number of rotatable bonds is 5. The standard InChI is InChI=1S/C23H33N3O5/c1-23(2,3)26-14-16(13-20(26)27)22(29)25-10-8-17(9-11-25)24-21(28)15-6-7-18(30-4)19(12-15)31-5/h6-7,12,16-17H,8-11,13-14H2,1-5H3,(H,24,28). The van der Waals surface area contributed by atoms with Gasteiger partial charge in [-0.1, -0.05) is 0 Å². The smallest absolute Gasteiger partial charge is 0.251 e. The summed E-state index contributed by atoms with van der Waals surface area (Å²) in [4.78, 5) is 41.5. The van der Waals surface area contributed by atoms with E-state index in [1.54, 1.807) is 30.2 Å². The molecule has 0 aromatic heterocycles. The van der Waals surface area contributed by atoms with Crippen LogP contribution < -0.4 is 14.8 Å². The van der Waals surface area contributed by atoms with E-state index in [0.29, 0.717) is 49.5 Å². The average Bonchev–Trinajstić information content (AvgIpc) is 3.15. The van der Waals surface area contributed by atoms with Crippen LogP contribution in [0.15, 0.2) is 18.2 Å². The number of carbonyl (C=O) groups is 3. The van der Waals surface area contributed by atoms with Gasteiger partial charge in [0.15, 0.2) is 11.5 Å². The van der Waals surface area contributed by atoms with Crippen molar-refractivity contribution >= 4 is 17.7 Å². The van der Waals surface area contributed by atoms with Crippen LogP contribution in [0.4, 0.5) is 0 Å². The van der Waals surface area contributed by atoms with E-state index in [9.17, 15) is 14.4 Å². The summed E-state index contributed by atoms with van der Waals surface area (Å²) >= 11 is 0. The zero-order valence-electron chi connectivity index (χ0n) is 19.1. The van der Waals surface area contributed by atoms with Crippen LogP contribution in [0.3, 0.4) is 0 Å². The topological polar surface area (TPSA) is 88.2 Å². The van der Waals surface area contributed by atoms with Gasteiger partial charge < -0.3 is 24.6 Å². The quantitative estimate of drug-likeness (QED) is 0.771. The van der Waals surface area contributed by atoms with E-state index < -0.39 is 0 Å². The van der Waals surface area contributed by atoms with Crippen molar-refractivity contribution < 1.29 is 23.9 Å². The van der Waals surface area contributed by atoms with Gasteiger partial charge in [-0.2, -0.15) is 0 Å². The number of hydrogen-bond acceptors (Lipinski definition) is 5. The summed E-state index contributed by atoms with van der Waals surface area (Å²) in [6.07, 6.45) is 1.66. The molecule has 0 spiro atoms. The number of likely N-dealkylation sites (tertiary alicyclic amines) is 2. The van der Waals surface area contributed by atoms with E-state index in [-0.39, 0.29) is 41.6 Å². The normalized spacial score (nSPS) is 20.0. The predicted molar refractivity (Wildman–Crippen MR) is 116 cm³/mol. The maximum atomic E-state index is 12.9. The molecule has 1 N–H and O–H groups in total. The van der Waals surface area contributed by atoms with Crippen molar-refractivity contribution in [2.24, 2.45) is 5.92 Å². The van der Waals surface area contributed by atoms with E-state index in [2.05, 4.69) is 5.32 Å². The van der Waals surface area contributed by atoms with Gasteiger partial charge in [-0.3, -0.25) is 14.4 Å². The molecule has 2 aliphatic heterocycles. The SMILES string of the molecule is COc1ccc(C(=O)NC2CCN(C(=O)C3CC(=O)N(C(C)(C)C)C3)CC2)cc1OC. The Morgan fingerprint density at radius 1 is 1.06 bits per heavy atom. The number of ether oxygens (including phenoxy) is 2. The van der Waals surface area contributed by atoms with E-state index >= 15 is 0 Å². The first-order valence-electron chi connectivity index (χ1n) is 10.8. The van der Waals surface area contributed by atoms with E-state index in [1.807, 2.05) is 25.7 Å². The van der Waals surface area contributed by atoms with Gasteiger partial charge in [-0.05, 0) is 51.8 Å². The van der Waals surface area contributed by atoms with Crippen molar-refractivity contribution in [1.82, 2.24) is 15.1 Å². The van der Waals surface area contributed by atoms with Gasteiger partial charge in [-0.15, -0.1) is 0 Å². The minimum atomic E-state index is -0.273. The second-order valence-electron chi connectivity index (χ2n) is 9.22. The molecule has 1 atom stereocenters. The highest BCUT2D eigenvalue weighted by Crippen LogP contribution is 2.29. The Morgan fingerprint density at radius 2 is 1.71 bits per heavy atom. The Kier molecular flexibility index (Phi) is 6.77. The second-order valence-corrected chi connectivity index (χ2v) is 9.22. The molecule has 1 aromatic rings. The largest absolute Gasteiger partial charge is 0.493 e.